The van der Waals surface area contributed by atoms with Crippen molar-refractivity contribution in [3.63, 3.8) is 0 Å². The molecule has 0 radical (unpaired) electrons. The molecule has 0 saturated heterocycles. The minimum absolute atomic E-state index is 0. The van der Waals surface area contributed by atoms with Crippen LogP contribution in [0.2, 0.25) is 0 Å². The van der Waals surface area contributed by atoms with Crippen LogP contribution in [-0.2, 0) is 0 Å². The van der Waals surface area contributed by atoms with E-state index in [0.717, 1.165) is 17.1 Å². The first-order valence-electron chi connectivity index (χ1n) is 5.19. The summed E-state index contributed by atoms with van der Waals surface area (Å²) < 4.78 is 5.61. The summed E-state index contributed by atoms with van der Waals surface area (Å²) in [5, 5.41) is 0. The van der Waals surface area contributed by atoms with Gasteiger partial charge in [0.2, 0.25) is 0 Å². The molecule has 1 unspecified atom stereocenters. The van der Waals surface area contributed by atoms with Crippen LogP contribution in [0.5, 0.6) is 11.5 Å². The molecule has 1 aromatic carbocycles. The highest BCUT2D eigenvalue weighted by atomic mass is 35.5. The van der Waals surface area contributed by atoms with Crippen LogP contribution in [0.15, 0.2) is 48.8 Å². The number of halogens is 1. The number of pyridine rings is 1. The molecule has 0 amide bonds. The molecule has 0 saturated carbocycles. The second-order valence-electron chi connectivity index (χ2n) is 3.65. The van der Waals surface area contributed by atoms with Crippen LogP contribution in [0.3, 0.4) is 0 Å². The Bertz CT molecular complexity index is 443. The maximum atomic E-state index is 5.77. The van der Waals surface area contributed by atoms with E-state index in [-0.39, 0.29) is 18.4 Å². The van der Waals surface area contributed by atoms with E-state index in [9.17, 15) is 0 Å². The summed E-state index contributed by atoms with van der Waals surface area (Å²) >= 11 is 0. The fraction of sp³-hybridized carbons (Fsp3) is 0.154. The fourth-order valence-corrected chi connectivity index (χ4v) is 1.38. The average molecular weight is 251 g/mol. The van der Waals surface area contributed by atoms with E-state index >= 15 is 0 Å². The van der Waals surface area contributed by atoms with E-state index in [1.165, 1.54) is 0 Å². The number of rotatable bonds is 3. The van der Waals surface area contributed by atoms with E-state index in [2.05, 4.69) is 4.98 Å². The SMILES string of the molecule is CC(N)c1ccc(Oc2cccnc2)cc1.Cl. The number of aromatic nitrogens is 1. The Balaban J connectivity index is 0.00000144. The van der Waals surface area contributed by atoms with Crippen LogP contribution in [0.4, 0.5) is 0 Å². The molecule has 2 aromatic rings. The van der Waals surface area contributed by atoms with Gasteiger partial charge in [-0.2, -0.15) is 0 Å². The molecule has 4 heteroatoms. The van der Waals surface area contributed by atoms with Crippen molar-refractivity contribution in [1.82, 2.24) is 4.98 Å². The predicted octanol–water partition coefficient (Wildman–Crippen LogP) is 3.32. The van der Waals surface area contributed by atoms with Crippen LogP contribution >= 0.6 is 12.4 Å². The second-order valence-corrected chi connectivity index (χ2v) is 3.65. The van der Waals surface area contributed by atoms with Gasteiger partial charge in [-0.25, -0.2) is 0 Å². The molecule has 0 aliphatic rings. The van der Waals surface area contributed by atoms with Gasteiger partial charge in [-0.15, -0.1) is 12.4 Å². The first-order chi connectivity index (χ1) is 7.75. The normalized spacial score (nSPS) is 11.4. The number of nitrogens with zero attached hydrogens (tertiary/aromatic N) is 1. The van der Waals surface area contributed by atoms with Gasteiger partial charge in [-0.05, 0) is 36.8 Å². The summed E-state index contributed by atoms with van der Waals surface area (Å²) in [6.07, 6.45) is 3.39. The monoisotopic (exact) mass is 250 g/mol. The molecule has 2 N–H and O–H groups in total. The molecule has 2 rings (SSSR count). The highest BCUT2D eigenvalue weighted by molar-refractivity contribution is 5.85. The van der Waals surface area contributed by atoms with Crippen LogP contribution < -0.4 is 10.5 Å². The number of hydrogen-bond donors (Lipinski definition) is 1. The molecule has 90 valence electrons. The van der Waals surface area contributed by atoms with E-state index in [1.54, 1.807) is 12.4 Å². The highest BCUT2D eigenvalue weighted by Gasteiger charge is 2.00. The van der Waals surface area contributed by atoms with Crippen molar-refractivity contribution in [2.24, 2.45) is 5.73 Å². The summed E-state index contributed by atoms with van der Waals surface area (Å²) in [7, 11) is 0. The lowest BCUT2D eigenvalue weighted by atomic mass is 10.1. The van der Waals surface area contributed by atoms with E-state index in [1.807, 2.05) is 43.3 Å². The molecule has 0 aliphatic heterocycles. The fourth-order valence-electron chi connectivity index (χ4n) is 1.38. The summed E-state index contributed by atoms with van der Waals surface area (Å²) in [5.74, 6) is 1.52. The molecule has 0 fully saturated rings. The zero-order valence-electron chi connectivity index (χ0n) is 9.54. The Hall–Kier alpha value is -1.58. The average Bonchev–Trinajstić information content (AvgIpc) is 2.31. The third-order valence-corrected chi connectivity index (χ3v) is 2.28. The molecular formula is C13H15ClN2O. The van der Waals surface area contributed by atoms with Crippen molar-refractivity contribution >= 4 is 12.4 Å². The van der Waals surface area contributed by atoms with Gasteiger partial charge in [0.15, 0.2) is 0 Å². The third kappa shape index (κ3) is 3.73. The maximum Gasteiger partial charge on any atom is 0.145 e. The number of benzene rings is 1. The van der Waals surface area contributed by atoms with Crippen molar-refractivity contribution in [1.29, 1.82) is 0 Å². The molecule has 3 nitrogen and oxygen atoms in total. The number of hydrogen-bond acceptors (Lipinski definition) is 3. The lowest BCUT2D eigenvalue weighted by molar-refractivity contribution is 0.480. The van der Waals surface area contributed by atoms with Crippen molar-refractivity contribution < 1.29 is 4.74 Å². The Morgan fingerprint density at radius 3 is 2.35 bits per heavy atom. The molecule has 0 bridgehead atoms. The summed E-state index contributed by atoms with van der Waals surface area (Å²) in [4.78, 5) is 3.98. The molecular weight excluding hydrogens is 236 g/mol. The van der Waals surface area contributed by atoms with Crippen molar-refractivity contribution in [3.8, 4) is 11.5 Å². The first kappa shape index (κ1) is 13.5. The lowest BCUT2D eigenvalue weighted by Crippen LogP contribution is -2.04. The molecule has 1 heterocycles. The zero-order chi connectivity index (χ0) is 11.4. The van der Waals surface area contributed by atoms with Crippen molar-refractivity contribution in [2.75, 3.05) is 0 Å². The zero-order valence-corrected chi connectivity index (χ0v) is 10.4. The van der Waals surface area contributed by atoms with E-state index in [0.29, 0.717) is 0 Å². The predicted molar refractivity (Wildman–Crippen MR) is 70.6 cm³/mol. The largest absolute Gasteiger partial charge is 0.456 e. The van der Waals surface area contributed by atoms with E-state index < -0.39 is 0 Å². The molecule has 1 aromatic heterocycles. The molecule has 0 spiro atoms. The third-order valence-electron chi connectivity index (χ3n) is 2.28. The maximum absolute atomic E-state index is 5.77. The Kier molecular flexibility index (Phi) is 4.94. The minimum Gasteiger partial charge on any atom is -0.456 e. The summed E-state index contributed by atoms with van der Waals surface area (Å²) in [6.45, 7) is 1.96. The van der Waals surface area contributed by atoms with Crippen molar-refractivity contribution in [3.05, 3.63) is 54.4 Å². The molecule has 1 atom stereocenters. The second kappa shape index (κ2) is 6.23. The Labute approximate surface area is 107 Å². The Morgan fingerprint density at radius 2 is 1.82 bits per heavy atom. The highest BCUT2D eigenvalue weighted by Crippen LogP contribution is 2.21. The minimum atomic E-state index is 0. The van der Waals surface area contributed by atoms with Crippen LogP contribution in [0, 0.1) is 0 Å². The van der Waals surface area contributed by atoms with Gasteiger partial charge in [-0.1, -0.05) is 12.1 Å². The van der Waals surface area contributed by atoms with Gasteiger partial charge in [-0.3, -0.25) is 4.98 Å². The lowest BCUT2D eigenvalue weighted by Gasteiger charge is -2.08. The number of nitrogens with two attached hydrogens (primary N) is 1. The van der Waals surface area contributed by atoms with Gasteiger partial charge < -0.3 is 10.5 Å². The standard InChI is InChI=1S/C13H14N2O.ClH/c1-10(14)11-4-6-12(7-5-11)16-13-3-2-8-15-9-13;/h2-10H,14H2,1H3;1H. The summed E-state index contributed by atoms with van der Waals surface area (Å²) in [5.41, 5.74) is 6.86. The quantitative estimate of drug-likeness (QED) is 0.909. The van der Waals surface area contributed by atoms with Gasteiger partial charge in [0.1, 0.15) is 11.5 Å². The first-order valence-corrected chi connectivity index (χ1v) is 5.19. The topological polar surface area (TPSA) is 48.1 Å². The summed E-state index contributed by atoms with van der Waals surface area (Å²) in [6, 6.07) is 11.5. The Morgan fingerprint density at radius 1 is 1.12 bits per heavy atom. The molecule has 0 aliphatic carbocycles. The van der Waals surface area contributed by atoms with Crippen LogP contribution in [0.1, 0.15) is 18.5 Å². The van der Waals surface area contributed by atoms with Gasteiger partial charge in [0, 0.05) is 12.2 Å². The van der Waals surface area contributed by atoms with Gasteiger partial charge in [0.25, 0.3) is 0 Å². The van der Waals surface area contributed by atoms with Gasteiger partial charge >= 0.3 is 0 Å². The van der Waals surface area contributed by atoms with Crippen LogP contribution in [-0.4, -0.2) is 4.98 Å². The van der Waals surface area contributed by atoms with Crippen LogP contribution in [0.25, 0.3) is 0 Å². The smallest absolute Gasteiger partial charge is 0.145 e. The molecule has 17 heavy (non-hydrogen) atoms. The number of ether oxygens (including phenoxy) is 1. The van der Waals surface area contributed by atoms with E-state index in [4.69, 9.17) is 10.5 Å². The van der Waals surface area contributed by atoms with Gasteiger partial charge in [0.05, 0.1) is 6.20 Å². The van der Waals surface area contributed by atoms with Crippen molar-refractivity contribution in [2.45, 2.75) is 13.0 Å².